The van der Waals surface area contributed by atoms with E-state index in [0.29, 0.717) is 0 Å². The zero-order valence-electron chi connectivity index (χ0n) is 14.7. The lowest BCUT2D eigenvalue weighted by molar-refractivity contribution is -0.137. The maximum atomic E-state index is 12.6. The molecule has 0 aliphatic carbocycles. The third-order valence-electron chi connectivity index (χ3n) is 5.28. The highest BCUT2D eigenvalue weighted by Gasteiger charge is 2.30. The quantitative estimate of drug-likeness (QED) is 0.895. The zero-order valence-corrected chi connectivity index (χ0v) is 14.7. The molecule has 2 heterocycles. The highest BCUT2D eigenvalue weighted by Crippen LogP contribution is 2.29. The number of alkyl halides is 3. The van der Waals surface area contributed by atoms with Crippen LogP contribution in [-0.2, 0) is 12.7 Å². The van der Waals surface area contributed by atoms with E-state index in [1.54, 1.807) is 12.1 Å². The van der Waals surface area contributed by atoms with Crippen LogP contribution in [0.25, 0.3) is 0 Å². The van der Waals surface area contributed by atoms with Gasteiger partial charge in [-0.3, -0.25) is 4.90 Å². The van der Waals surface area contributed by atoms with E-state index in [4.69, 9.17) is 0 Å². The summed E-state index contributed by atoms with van der Waals surface area (Å²) in [5.41, 5.74) is 0.386. The number of piperidine rings is 1. The van der Waals surface area contributed by atoms with Crippen molar-refractivity contribution in [3.63, 3.8) is 0 Å². The molecule has 0 amide bonds. The smallest absolute Gasteiger partial charge is 0.316 e. The second kappa shape index (κ2) is 8.52. The third kappa shape index (κ3) is 5.69. The van der Waals surface area contributed by atoms with E-state index in [1.165, 1.54) is 31.5 Å². The van der Waals surface area contributed by atoms with Gasteiger partial charge in [-0.2, -0.15) is 13.2 Å². The normalized spacial score (nSPS) is 24.2. The minimum Gasteiger partial charge on any atom is -0.316 e. The van der Waals surface area contributed by atoms with Crippen molar-refractivity contribution >= 4 is 0 Å². The molecule has 25 heavy (non-hydrogen) atoms. The maximum absolute atomic E-state index is 12.6. The zero-order chi connectivity index (χ0) is 17.7. The lowest BCUT2D eigenvalue weighted by atomic mass is 9.99. The van der Waals surface area contributed by atoms with E-state index in [2.05, 4.69) is 15.1 Å². The Balaban J connectivity index is 1.47. The molecule has 1 unspecified atom stereocenters. The van der Waals surface area contributed by atoms with Gasteiger partial charge in [0, 0.05) is 26.2 Å². The van der Waals surface area contributed by atoms with Crippen molar-refractivity contribution in [2.45, 2.75) is 32.0 Å². The van der Waals surface area contributed by atoms with E-state index in [-0.39, 0.29) is 0 Å². The molecule has 2 fully saturated rings. The molecular weight excluding hydrogens is 327 g/mol. The van der Waals surface area contributed by atoms with Gasteiger partial charge in [-0.1, -0.05) is 12.1 Å². The van der Waals surface area contributed by atoms with Crippen LogP contribution < -0.4 is 5.32 Å². The molecule has 0 radical (unpaired) electrons. The molecule has 2 saturated heterocycles. The van der Waals surface area contributed by atoms with Crippen molar-refractivity contribution in [3.05, 3.63) is 35.4 Å². The number of nitrogens with zero attached hydrogens (tertiary/aromatic N) is 2. The second-order valence-electron chi connectivity index (χ2n) is 7.34. The average molecular weight is 355 g/mol. The summed E-state index contributed by atoms with van der Waals surface area (Å²) >= 11 is 0. The van der Waals surface area contributed by atoms with Crippen molar-refractivity contribution in [2.75, 3.05) is 45.8 Å². The van der Waals surface area contributed by atoms with E-state index >= 15 is 0 Å². The molecule has 2 aliphatic rings. The Labute approximate surface area is 148 Å². The Kier molecular flexibility index (Phi) is 6.36. The molecule has 1 N–H and O–H groups in total. The largest absolute Gasteiger partial charge is 0.416 e. The van der Waals surface area contributed by atoms with Gasteiger partial charge in [-0.05, 0) is 69.1 Å². The summed E-state index contributed by atoms with van der Waals surface area (Å²) in [6.07, 6.45) is -0.534. The predicted molar refractivity (Wildman–Crippen MR) is 93.4 cm³/mol. The summed E-state index contributed by atoms with van der Waals surface area (Å²) in [4.78, 5) is 4.92. The van der Waals surface area contributed by atoms with Gasteiger partial charge in [0.25, 0.3) is 0 Å². The molecule has 2 aliphatic heterocycles. The standard InChI is InChI=1S/C19H28F3N3/c20-19(21,22)18-6-4-16(5-7-18)14-24-9-2-10-25(12-11-24)15-17-3-1-8-23-13-17/h4-7,17,23H,1-3,8-15H2. The summed E-state index contributed by atoms with van der Waals surface area (Å²) in [5.74, 6) is 0.759. The summed E-state index contributed by atoms with van der Waals surface area (Å²) in [6.45, 7) is 8.36. The van der Waals surface area contributed by atoms with Crippen molar-refractivity contribution in [1.82, 2.24) is 15.1 Å². The Hall–Kier alpha value is -1.11. The molecule has 6 heteroatoms. The van der Waals surface area contributed by atoms with Crippen molar-refractivity contribution in [2.24, 2.45) is 5.92 Å². The SMILES string of the molecule is FC(F)(F)c1ccc(CN2CCCN(CC3CCCNC3)CC2)cc1. The molecule has 0 saturated carbocycles. The van der Waals surface area contributed by atoms with Crippen LogP contribution in [0.4, 0.5) is 13.2 Å². The van der Waals surface area contributed by atoms with Gasteiger partial charge in [0.1, 0.15) is 0 Å². The van der Waals surface area contributed by atoms with E-state index < -0.39 is 11.7 Å². The highest BCUT2D eigenvalue weighted by atomic mass is 19.4. The first-order valence-electron chi connectivity index (χ1n) is 9.32. The van der Waals surface area contributed by atoms with Gasteiger partial charge in [-0.25, -0.2) is 0 Å². The van der Waals surface area contributed by atoms with Crippen molar-refractivity contribution in [3.8, 4) is 0 Å². The van der Waals surface area contributed by atoms with E-state index in [1.807, 2.05) is 0 Å². The van der Waals surface area contributed by atoms with Gasteiger partial charge in [0.15, 0.2) is 0 Å². The minimum absolute atomic E-state index is 0.570. The van der Waals surface area contributed by atoms with Crippen LogP contribution in [0.2, 0.25) is 0 Å². The predicted octanol–water partition coefficient (Wildman–Crippen LogP) is 3.21. The lowest BCUT2D eigenvalue weighted by Gasteiger charge is -2.29. The maximum Gasteiger partial charge on any atom is 0.416 e. The van der Waals surface area contributed by atoms with Gasteiger partial charge in [-0.15, -0.1) is 0 Å². The highest BCUT2D eigenvalue weighted by molar-refractivity contribution is 5.24. The third-order valence-corrected chi connectivity index (χ3v) is 5.28. The van der Waals surface area contributed by atoms with Crippen LogP contribution in [-0.4, -0.2) is 55.6 Å². The van der Waals surface area contributed by atoms with Crippen LogP contribution in [0.1, 0.15) is 30.4 Å². The number of hydrogen-bond donors (Lipinski definition) is 1. The minimum atomic E-state index is -4.25. The molecule has 3 nitrogen and oxygen atoms in total. The molecular formula is C19H28F3N3. The van der Waals surface area contributed by atoms with Gasteiger partial charge in [0.2, 0.25) is 0 Å². The number of rotatable bonds is 4. The first-order chi connectivity index (χ1) is 12.0. The van der Waals surface area contributed by atoms with Gasteiger partial charge < -0.3 is 10.2 Å². The van der Waals surface area contributed by atoms with Gasteiger partial charge >= 0.3 is 6.18 Å². The van der Waals surface area contributed by atoms with Crippen molar-refractivity contribution in [1.29, 1.82) is 0 Å². The molecule has 0 aromatic heterocycles. The Bertz CT molecular complexity index is 524. The van der Waals surface area contributed by atoms with Crippen LogP contribution >= 0.6 is 0 Å². The first kappa shape index (κ1) is 18.7. The second-order valence-corrected chi connectivity index (χ2v) is 7.34. The Morgan fingerprint density at radius 2 is 1.68 bits per heavy atom. The van der Waals surface area contributed by atoms with E-state index in [9.17, 15) is 13.2 Å². The van der Waals surface area contributed by atoms with Crippen LogP contribution in [0.3, 0.4) is 0 Å². The lowest BCUT2D eigenvalue weighted by Crippen LogP contribution is -2.39. The number of halogens is 3. The molecule has 3 rings (SSSR count). The molecule has 1 atom stereocenters. The summed E-state index contributed by atoms with van der Waals surface area (Å²) in [6, 6.07) is 5.60. The fourth-order valence-electron chi connectivity index (χ4n) is 3.87. The van der Waals surface area contributed by atoms with Crippen LogP contribution in [0, 0.1) is 5.92 Å². The molecule has 0 spiro atoms. The molecule has 1 aromatic carbocycles. The first-order valence-corrected chi connectivity index (χ1v) is 9.32. The Morgan fingerprint density at radius 1 is 0.960 bits per heavy atom. The molecule has 1 aromatic rings. The van der Waals surface area contributed by atoms with Gasteiger partial charge in [0.05, 0.1) is 5.56 Å². The average Bonchev–Trinajstić information content (AvgIpc) is 2.81. The van der Waals surface area contributed by atoms with E-state index in [0.717, 1.165) is 63.7 Å². The molecule has 140 valence electrons. The number of nitrogens with one attached hydrogen (secondary N) is 1. The number of benzene rings is 1. The fourth-order valence-corrected chi connectivity index (χ4v) is 3.87. The van der Waals surface area contributed by atoms with Crippen molar-refractivity contribution < 1.29 is 13.2 Å². The monoisotopic (exact) mass is 355 g/mol. The fraction of sp³-hybridized carbons (Fsp3) is 0.684. The van der Waals surface area contributed by atoms with Crippen LogP contribution in [0.5, 0.6) is 0 Å². The Morgan fingerprint density at radius 3 is 2.36 bits per heavy atom. The number of hydrogen-bond acceptors (Lipinski definition) is 3. The molecule has 0 bridgehead atoms. The summed E-state index contributed by atoms with van der Waals surface area (Å²) in [7, 11) is 0. The summed E-state index contributed by atoms with van der Waals surface area (Å²) in [5, 5.41) is 3.48. The summed E-state index contributed by atoms with van der Waals surface area (Å²) < 4.78 is 37.9. The topological polar surface area (TPSA) is 18.5 Å². The van der Waals surface area contributed by atoms with Crippen LogP contribution in [0.15, 0.2) is 24.3 Å².